The Morgan fingerprint density at radius 3 is 2.58 bits per heavy atom. The molecule has 1 aliphatic rings. The van der Waals surface area contributed by atoms with Crippen LogP contribution in [-0.2, 0) is 4.79 Å². The van der Waals surface area contributed by atoms with Crippen LogP contribution in [0.5, 0.6) is 0 Å². The molecule has 1 heteroatoms. The van der Waals surface area contributed by atoms with Crippen molar-refractivity contribution in [2.45, 2.75) is 52.9 Å². The van der Waals surface area contributed by atoms with E-state index in [0.717, 1.165) is 18.8 Å². The lowest BCUT2D eigenvalue weighted by atomic mass is 9.89. The fraction of sp³-hybridized carbons (Fsp3) is 0.909. The molecule has 1 rings (SSSR count). The van der Waals surface area contributed by atoms with Gasteiger partial charge < -0.3 is 4.79 Å². The molecule has 1 fully saturated rings. The average Bonchev–Trinajstić information content (AvgIpc) is 2.26. The summed E-state index contributed by atoms with van der Waals surface area (Å²) in [6.45, 7) is 6.36. The standard InChI is InChI=1S/C11H20O/c1-9(12)4-5-10-6-7-11(2,3)8-10/h10H,4-8H2,1-3H3. The third kappa shape index (κ3) is 2.96. The molecule has 70 valence electrons. The number of rotatable bonds is 3. The molecule has 1 nitrogen and oxygen atoms in total. The smallest absolute Gasteiger partial charge is 0.129 e. The molecule has 0 saturated heterocycles. The van der Waals surface area contributed by atoms with Gasteiger partial charge in [0.05, 0.1) is 0 Å². The normalized spacial score (nSPS) is 27.4. The summed E-state index contributed by atoms with van der Waals surface area (Å²) in [5.41, 5.74) is 0.543. The summed E-state index contributed by atoms with van der Waals surface area (Å²) in [6, 6.07) is 0. The molecule has 0 aromatic heterocycles. The van der Waals surface area contributed by atoms with Gasteiger partial charge in [-0.05, 0) is 43.9 Å². The second-order valence-corrected chi connectivity index (χ2v) is 5.01. The van der Waals surface area contributed by atoms with Gasteiger partial charge in [0.1, 0.15) is 5.78 Å². The first-order valence-electron chi connectivity index (χ1n) is 4.99. The van der Waals surface area contributed by atoms with Gasteiger partial charge in [0.15, 0.2) is 0 Å². The second-order valence-electron chi connectivity index (χ2n) is 5.01. The SMILES string of the molecule is CC(=O)CCC1CCC(C)(C)C1. The summed E-state index contributed by atoms with van der Waals surface area (Å²) in [4.78, 5) is 10.8. The van der Waals surface area contributed by atoms with Crippen molar-refractivity contribution in [2.75, 3.05) is 0 Å². The Balaban J connectivity index is 2.24. The first-order valence-corrected chi connectivity index (χ1v) is 4.99. The lowest BCUT2D eigenvalue weighted by molar-refractivity contribution is -0.117. The Bertz CT molecular complexity index is 170. The zero-order valence-electron chi connectivity index (χ0n) is 8.52. The van der Waals surface area contributed by atoms with E-state index in [1.807, 2.05) is 0 Å². The largest absolute Gasteiger partial charge is 0.300 e. The minimum atomic E-state index is 0.347. The lowest BCUT2D eigenvalue weighted by Gasteiger charge is -2.16. The minimum absolute atomic E-state index is 0.347. The van der Waals surface area contributed by atoms with E-state index in [-0.39, 0.29) is 0 Å². The van der Waals surface area contributed by atoms with Crippen molar-refractivity contribution < 1.29 is 4.79 Å². The molecule has 0 aliphatic heterocycles. The van der Waals surface area contributed by atoms with E-state index in [0.29, 0.717) is 11.2 Å². The Labute approximate surface area is 75.5 Å². The lowest BCUT2D eigenvalue weighted by Crippen LogP contribution is -2.05. The predicted molar refractivity (Wildman–Crippen MR) is 51.0 cm³/mol. The highest BCUT2D eigenvalue weighted by Gasteiger charge is 2.30. The molecule has 0 amide bonds. The number of hydrogen-bond donors (Lipinski definition) is 0. The van der Waals surface area contributed by atoms with Gasteiger partial charge in [0.25, 0.3) is 0 Å². The number of ketones is 1. The summed E-state index contributed by atoms with van der Waals surface area (Å²) < 4.78 is 0. The van der Waals surface area contributed by atoms with Crippen molar-refractivity contribution in [3.8, 4) is 0 Å². The van der Waals surface area contributed by atoms with Gasteiger partial charge in [-0.2, -0.15) is 0 Å². The van der Waals surface area contributed by atoms with Gasteiger partial charge in [0.2, 0.25) is 0 Å². The van der Waals surface area contributed by atoms with Crippen LogP contribution in [0.25, 0.3) is 0 Å². The van der Waals surface area contributed by atoms with Crippen molar-refractivity contribution in [3.63, 3.8) is 0 Å². The zero-order chi connectivity index (χ0) is 9.19. The molecule has 0 bridgehead atoms. The van der Waals surface area contributed by atoms with Gasteiger partial charge in [-0.3, -0.25) is 0 Å². The van der Waals surface area contributed by atoms with Gasteiger partial charge in [-0.15, -0.1) is 0 Å². The molecule has 0 N–H and O–H groups in total. The minimum Gasteiger partial charge on any atom is -0.300 e. The van der Waals surface area contributed by atoms with Crippen molar-refractivity contribution in [2.24, 2.45) is 11.3 Å². The van der Waals surface area contributed by atoms with Gasteiger partial charge >= 0.3 is 0 Å². The van der Waals surface area contributed by atoms with Crippen LogP contribution in [0.4, 0.5) is 0 Å². The monoisotopic (exact) mass is 168 g/mol. The quantitative estimate of drug-likeness (QED) is 0.632. The topological polar surface area (TPSA) is 17.1 Å². The van der Waals surface area contributed by atoms with Crippen molar-refractivity contribution in [3.05, 3.63) is 0 Å². The molecular weight excluding hydrogens is 148 g/mol. The highest BCUT2D eigenvalue weighted by Crippen LogP contribution is 2.42. The molecule has 1 unspecified atom stereocenters. The fourth-order valence-corrected chi connectivity index (χ4v) is 2.23. The maximum absolute atomic E-state index is 10.8. The maximum atomic E-state index is 10.8. The molecule has 1 atom stereocenters. The van der Waals surface area contributed by atoms with Gasteiger partial charge in [-0.1, -0.05) is 13.8 Å². The molecular formula is C11H20O. The maximum Gasteiger partial charge on any atom is 0.129 e. The van der Waals surface area contributed by atoms with Crippen molar-refractivity contribution in [1.29, 1.82) is 0 Å². The number of Topliss-reactive ketones (excluding diaryl/α,β-unsaturated/α-hetero) is 1. The van der Waals surface area contributed by atoms with E-state index < -0.39 is 0 Å². The van der Waals surface area contributed by atoms with Crippen molar-refractivity contribution >= 4 is 5.78 Å². The molecule has 0 radical (unpaired) electrons. The number of hydrogen-bond acceptors (Lipinski definition) is 1. The predicted octanol–water partition coefficient (Wildman–Crippen LogP) is 3.18. The molecule has 0 aromatic carbocycles. The Morgan fingerprint density at radius 2 is 2.17 bits per heavy atom. The second kappa shape index (κ2) is 3.59. The number of carbonyl (C=O) groups excluding carboxylic acids is 1. The highest BCUT2D eigenvalue weighted by atomic mass is 16.1. The van der Waals surface area contributed by atoms with E-state index >= 15 is 0 Å². The van der Waals surface area contributed by atoms with E-state index in [9.17, 15) is 4.79 Å². The van der Waals surface area contributed by atoms with Gasteiger partial charge in [0, 0.05) is 6.42 Å². The zero-order valence-corrected chi connectivity index (χ0v) is 8.52. The van der Waals surface area contributed by atoms with Crippen LogP contribution in [0.15, 0.2) is 0 Å². The van der Waals surface area contributed by atoms with Gasteiger partial charge in [-0.25, -0.2) is 0 Å². The summed E-state index contributed by atoms with van der Waals surface area (Å²) in [5, 5.41) is 0. The Hall–Kier alpha value is -0.330. The fourth-order valence-electron chi connectivity index (χ4n) is 2.23. The van der Waals surface area contributed by atoms with Crippen molar-refractivity contribution in [1.82, 2.24) is 0 Å². The first-order chi connectivity index (χ1) is 5.49. The first kappa shape index (κ1) is 9.76. The van der Waals surface area contributed by atoms with E-state index in [4.69, 9.17) is 0 Å². The molecule has 0 heterocycles. The van der Waals surface area contributed by atoms with E-state index in [2.05, 4.69) is 13.8 Å². The summed E-state index contributed by atoms with van der Waals surface area (Å²) >= 11 is 0. The molecule has 0 spiro atoms. The molecule has 1 aliphatic carbocycles. The van der Waals surface area contributed by atoms with Crippen LogP contribution in [0.1, 0.15) is 52.9 Å². The summed E-state index contributed by atoms with van der Waals surface area (Å²) in [6.07, 6.45) is 5.91. The van der Waals surface area contributed by atoms with E-state index in [1.54, 1.807) is 6.92 Å². The Kier molecular flexibility index (Phi) is 2.92. The molecule has 0 aromatic rings. The van der Waals surface area contributed by atoms with Crippen LogP contribution >= 0.6 is 0 Å². The summed E-state index contributed by atoms with van der Waals surface area (Å²) in [5.74, 6) is 1.17. The average molecular weight is 168 g/mol. The molecule has 1 saturated carbocycles. The molecule has 12 heavy (non-hydrogen) atoms. The Morgan fingerprint density at radius 1 is 1.50 bits per heavy atom. The van der Waals surface area contributed by atoms with Crippen LogP contribution in [0.3, 0.4) is 0 Å². The van der Waals surface area contributed by atoms with Crippen LogP contribution < -0.4 is 0 Å². The van der Waals surface area contributed by atoms with Crippen LogP contribution in [0, 0.1) is 11.3 Å². The van der Waals surface area contributed by atoms with Crippen LogP contribution in [0.2, 0.25) is 0 Å². The highest BCUT2D eigenvalue weighted by molar-refractivity contribution is 5.75. The third-order valence-corrected chi connectivity index (χ3v) is 2.98. The third-order valence-electron chi connectivity index (χ3n) is 2.98. The number of carbonyl (C=O) groups is 1. The summed E-state index contributed by atoms with van der Waals surface area (Å²) in [7, 11) is 0. The van der Waals surface area contributed by atoms with E-state index in [1.165, 1.54) is 19.3 Å². The van der Waals surface area contributed by atoms with Crippen LogP contribution in [-0.4, -0.2) is 5.78 Å².